The summed E-state index contributed by atoms with van der Waals surface area (Å²) in [5, 5.41) is 0. The second kappa shape index (κ2) is 4.24. The lowest BCUT2D eigenvalue weighted by Gasteiger charge is -2.20. The zero-order chi connectivity index (χ0) is 12.7. The average Bonchev–Trinajstić information content (AvgIpc) is 2.35. The van der Waals surface area contributed by atoms with E-state index in [-0.39, 0.29) is 0 Å². The van der Waals surface area contributed by atoms with Gasteiger partial charge in [-0.2, -0.15) is 0 Å². The third kappa shape index (κ3) is 1.94. The third-order valence-corrected chi connectivity index (χ3v) is 3.83. The van der Waals surface area contributed by atoms with E-state index < -0.39 is 0 Å². The molecule has 0 aliphatic heterocycles. The number of fused-ring (bicyclic) bond motifs is 2. The van der Waals surface area contributed by atoms with Crippen LogP contribution in [0.1, 0.15) is 53.3 Å². The maximum atomic E-state index is 4.59. The Morgan fingerprint density at radius 3 is 2.61 bits per heavy atom. The summed E-state index contributed by atoms with van der Waals surface area (Å²) in [6, 6.07) is 9.22. The molecular weight excluding hydrogens is 218 g/mol. The number of hydrogen-bond acceptors (Lipinski definition) is 1. The second-order valence-corrected chi connectivity index (χ2v) is 5.65. The van der Waals surface area contributed by atoms with Gasteiger partial charge >= 0.3 is 0 Å². The highest BCUT2D eigenvalue weighted by atomic mass is 14.7. The van der Waals surface area contributed by atoms with Crippen molar-refractivity contribution in [2.45, 2.75) is 39.5 Å². The molecule has 1 aliphatic carbocycles. The van der Waals surface area contributed by atoms with Gasteiger partial charge in [-0.05, 0) is 47.1 Å². The fourth-order valence-corrected chi connectivity index (χ4v) is 2.70. The van der Waals surface area contributed by atoms with E-state index in [1.165, 1.54) is 33.5 Å². The van der Waals surface area contributed by atoms with Crippen molar-refractivity contribution >= 4 is 0 Å². The molecule has 0 fully saturated rings. The van der Waals surface area contributed by atoms with Gasteiger partial charge in [0.2, 0.25) is 0 Å². The Kier molecular flexibility index (Phi) is 2.70. The molecule has 1 aliphatic rings. The molecule has 2 aromatic rings. The van der Waals surface area contributed by atoms with E-state index in [2.05, 4.69) is 50.0 Å². The van der Waals surface area contributed by atoms with Crippen molar-refractivity contribution in [1.82, 2.24) is 4.98 Å². The lowest BCUT2D eigenvalue weighted by Crippen LogP contribution is -2.10. The molecule has 0 saturated heterocycles. The Balaban J connectivity index is 2.02. The zero-order valence-corrected chi connectivity index (χ0v) is 11.3. The normalized spacial score (nSPS) is 13.3. The van der Waals surface area contributed by atoms with E-state index in [1.807, 2.05) is 6.20 Å². The highest BCUT2D eigenvalue weighted by molar-refractivity contribution is 5.45. The highest BCUT2D eigenvalue weighted by Crippen LogP contribution is 2.28. The van der Waals surface area contributed by atoms with Crippen molar-refractivity contribution in [2.24, 2.45) is 0 Å². The molecular formula is C17H19N. The monoisotopic (exact) mass is 237 g/mol. The van der Waals surface area contributed by atoms with E-state index in [1.54, 1.807) is 0 Å². The van der Waals surface area contributed by atoms with Gasteiger partial charge in [0, 0.05) is 18.3 Å². The fourth-order valence-electron chi connectivity index (χ4n) is 2.70. The molecule has 1 heterocycles. The molecule has 0 bridgehead atoms. The van der Waals surface area contributed by atoms with E-state index in [4.69, 9.17) is 0 Å². The Bertz CT molecular complexity index is 597. The molecule has 1 aromatic carbocycles. The molecule has 0 atom stereocenters. The summed E-state index contributed by atoms with van der Waals surface area (Å²) in [6.45, 7) is 6.62. The van der Waals surface area contributed by atoms with Crippen molar-refractivity contribution in [3.8, 4) is 0 Å². The van der Waals surface area contributed by atoms with Crippen LogP contribution in [0.5, 0.6) is 0 Å². The topological polar surface area (TPSA) is 12.9 Å². The van der Waals surface area contributed by atoms with Crippen molar-refractivity contribution < 1.29 is 0 Å². The van der Waals surface area contributed by atoms with E-state index in [0.717, 1.165) is 12.8 Å². The first-order valence-corrected chi connectivity index (χ1v) is 6.69. The lowest BCUT2D eigenvalue weighted by molar-refractivity contribution is 0.853. The van der Waals surface area contributed by atoms with Gasteiger partial charge in [0.05, 0.1) is 0 Å². The Morgan fingerprint density at radius 2 is 1.83 bits per heavy atom. The Labute approximate surface area is 109 Å². The van der Waals surface area contributed by atoms with Crippen molar-refractivity contribution in [1.29, 1.82) is 0 Å². The Hall–Kier alpha value is -1.63. The molecule has 1 nitrogen and oxygen atoms in total. The molecule has 1 aromatic heterocycles. The molecule has 0 spiro atoms. The van der Waals surface area contributed by atoms with E-state index in [0.29, 0.717) is 5.92 Å². The quantitative estimate of drug-likeness (QED) is 0.623. The van der Waals surface area contributed by atoms with Gasteiger partial charge in [0.15, 0.2) is 0 Å². The first-order chi connectivity index (χ1) is 8.63. The first kappa shape index (κ1) is 11.5. The summed E-state index contributed by atoms with van der Waals surface area (Å²) in [5.74, 6) is 0.600. The SMILES string of the molecule is Cc1cnc2c(c1)Cc1ccc(C(C)C)cc1C2. The van der Waals surface area contributed by atoms with E-state index in [9.17, 15) is 0 Å². The van der Waals surface area contributed by atoms with Gasteiger partial charge in [-0.1, -0.05) is 38.1 Å². The number of aromatic nitrogens is 1. The molecule has 0 radical (unpaired) electrons. The number of benzene rings is 1. The number of rotatable bonds is 1. The van der Waals surface area contributed by atoms with Crippen molar-refractivity contribution in [3.05, 3.63) is 64.0 Å². The van der Waals surface area contributed by atoms with E-state index >= 15 is 0 Å². The minimum Gasteiger partial charge on any atom is -0.260 e. The molecule has 18 heavy (non-hydrogen) atoms. The summed E-state index contributed by atoms with van der Waals surface area (Å²) in [6.07, 6.45) is 4.01. The maximum absolute atomic E-state index is 4.59. The summed E-state index contributed by atoms with van der Waals surface area (Å²) < 4.78 is 0. The minimum atomic E-state index is 0.600. The summed E-state index contributed by atoms with van der Waals surface area (Å²) in [4.78, 5) is 4.59. The van der Waals surface area contributed by atoms with Crippen molar-refractivity contribution in [3.63, 3.8) is 0 Å². The number of hydrogen-bond donors (Lipinski definition) is 0. The summed E-state index contributed by atoms with van der Waals surface area (Å²) in [7, 11) is 0. The molecule has 3 rings (SSSR count). The largest absolute Gasteiger partial charge is 0.260 e. The average molecular weight is 237 g/mol. The number of aryl methyl sites for hydroxylation is 1. The summed E-state index contributed by atoms with van der Waals surface area (Å²) >= 11 is 0. The van der Waals surface area contributed by atoms with Gasteiger partial charge < -0.3 is 0 Å². The second-order valence-electron chi connectivity index (χ2n) is 5.65. The van der Waals surface area contributed by atoms with Gasteiger partial charge in [-0.25, -0.2) is 0 Å². The van der Waals surface area contributed by atoms with Crippen LogP contribution in [0.3, 0.4) is 0 Å². The maximum Gasteiger partial charge on any atom is 0.0483 e. The minimum absolute atomic E-state index is 0.600. The molecule has 0 unspecified atom stereocenters. The van der Waals surface area contributed by atoms with Crippen LogP contribution in [0, 0.1) is 6.92 Å². The van der Waals surface area contributed by atoms with Crippen LogP contribution in [0.2, 0.25) is 0 Å². The van der Waals surface area contributed by atoms with Crippen LogP contribution < -0.4 is 0 Å². The molecule has 1 heteroatoms. The highest BCUT2D eigenvalue weighted by Gasteiger charge is 2.17. The Morgan fingerprint density at radius 1 is 1.00 bits per heavy atom. The number of nitrogens with zero attached hydrogens (tertiary/aromatic N) is 1. The van der Waals surface area contributed by atoms with Crippen LogP contribution in [-0.4, -0.2) is 4.98 Å². The van der Waals surface area contributed by atoms with Crippen molar-refractivity contribution in [2.75, 3.05) is 0 Å². The third-order valence-electron chi connectivity index (χ3n) is 3.83. The predicted octanol–water partition coefficient (Wildman–Crippen LogP) is 4.01. The molecule has 0 amide bonds. The zero-order valence-electron chi connectivity index (χ0n) is 11.3. The molecule has 92 valence electrons. The number of pyridine rings is 1. The standard InChI is InChI=1S/C17H19N/c1-11(2)13-4-5-14-8-16-6-12(3)10-18-17(16)9-15(14)7-13/h4-7,10-11H,8-9H2,1-3H3. The molecule has 0 saturated carbocycles. The molecule has 0 N–H and O–H groups in total. The van der Waals surface area contributed by atoms with Gasteiger partial charge in [-0.15, -0.1) is 0 Å². The van der Waals surface area contributed by atoms with Crippen LogP contribution in [-0.2, 0) is 12.8 Å². The fraction of sp³-hybridized carbons (Fsp3) is 0.353. The smallest absolute Gasteiger partial charge is 0.0483 e. The van der Waals surface area contributed by atoms with Crippen LogP contribution in [0.25, 0.3) is 0 Å². The van der Waals surface area contributed by atoms with Crippen LogP contribution >= 0.6 is 0 Å². The predicted molar refractivity (Wildman–Crippen MR) is 75.1 cm³/mol. The lowest BCUT2D eigenvalue weighted by atomic mass is 9.86. The van der Waals surface area contributed by atoms with Gasteiger partial charge in [-0.3, -0.25) is 4.98 Å². The summed E-state index contributed by atoms with van der Waals surface area (Å²) in [5.41, 5.74) is 8.29. The van der Waals surface area contributed by atoms with Crippen LogP contribution in [0.15, 0.2) is 30.5 Å². The first-order valence-electron chi connectivity index (χ1n) is 6.69. The van der Waals surface area contributed by atoms with Crippen LogP contribution in [0.4, 0.5) is 0 Å². The van der Waals surface area contributed by atoms with Gasteiger partial charge in [0.25, 0.3) is 0 Å². The van der Waals surface area contributed by atoms with Gasteiger partial charge in [0.1, 0.15) is 0 Å².